The molecule has 0 fully saturated rings. The molecule has 0 radical (unpaired) electrons. The normalized spacial score (nSPS) is 13.0. The van der Waals surface area contributed by atoms with E-state index in [4.69, 9.17) is 4.74 Å². The average Bonchev–Trinajstić information content (AvgIpc) is 3.28. The van der Waals surface area contributed by atoms with Gasteiger partial charge in [0, 0.05) is 12.8 Å². The van der Waals surface area contributed by atoms with Gasteiger partial charge in [0.1, 0.15) is 0 Å². The molecule has 1 amide bonds. The third kappa shape index (κ3) is 49.1. The molecule has 0 aromatic rings. The van der Waals surface area contributed by atoms with E-state index in [2.05, 4.69) is 55.6 Å². The van der Waals surface area contributed by atoms with Crippen molar-refractivity contribution in [3.63, 3.8) is 0 Å². The number of esters is 1. The van der Waals surface area contributed by atoms with Crippen LogP contribution in [0.25, 0.3) is 0 Å². The second-order valence-electron chi connectivity index (χ2n) is 18.5. The zero-order valence-corrected chi connectivity index (χ0v) is 41.8. The fourth-order valence-corrected chi connectivity index (χ4v) is 8.07. The molecule has 0 saturated heterocycles. The van der Waals surface area contributed by atoms with Crippen molar-refractivity contribution < 1.29 is 24.5 Å². The SMILES string of the molecule is CCCCCC/C=C\C/C=C\CCCCCCCC(=O)OCCCCCCCC/C=C\CCCCCCCCCC(=O)NC(CO)C(O)/C=C/CCCCCCCCCCCCC. The van der Waals surface area contributed by atoms with E-state index in [1.54, 1.807) is 6.08 Å². The van der Waals surface area contributed by atoms with Crippen LogP contribution < -0.4 is 5.32 Å². The van der Waals surface area contributed by atoms with Gasteiger partial charge in [-0.25, -0.2) is 0 Å². The van der Waals surface area contributed by atoms with Crippen LogP contribution in [0.15, 0.2) is 48.6 Å². The molecule has 3 N–H and O–H groups in total. The Kier molecular flexibility index (Phi) is 50.6. The molecule has 0 aliphatic carbocycles. The lowest BCUT2D eigenvalue weighted by Crippen LogP contribution is -2.45. The summed E-state index contributed by atoms with van der Waals surface area (Å²) in [6, 6.07) is -0.637. The third-order valence-corrected chi connectivity index (χ3v) is 12.3. The first-order valence-corrected chi connectivity index (χ1v) is 27.4. The summed E-state index contributed by atoms with van der Waals surface area (Å²) in [5.41, 5.74) is 0. The average molecular weight is 884 g/mol. The standard InChI is InChI=1S/C57H105NO5/c1-3-5-7-9-11-13-15-17-18-23-27-31-35-39-43-47-51-57(62)63-52-48-44-40-36-32-28-24-21-19-20-22-26-30-34-38-42-46-50-56(61)58-54(53-59)55(60)49-45-41-37-33-29-25-16-14-12-10-8-6-4-2/h13,15,18-19,21,23,45,49,54-55,59-60H,3-12,14,16-17,20,22,24-44,46-48,50-53H2,1-2H3,(H,58,61)/b15-13-,21-19-,23-18-,49-45+. The fourth-order valence-electron chi connectivity index (χ4n) is 8.07. The highest BCUT2D eigenvalue weighted by atomic mass is 16.5. The van der Waals surface area contributed by atoms with Crippen LogP contribution in [0.1, 0.15) is 277 Å². The van der Waals surface area contributed by atoms with Crippen molar-refractivity contribution in [1.82, 2.24) is 5.32 Å². The summed E-state index contributed by atoms with van der Waals surface area (Å²) in [6.45, 7) is 4.85. The number of carbonyl (C=O) groups is 2. The summed E-state index contributed by atoms with van der Waals surface area (Å²) in [7, 11) is 0. The van der Waals surface area contributed by atoms with Crippen LogP contribution in [0.4, 0.5) is 0 Å². The number of hydrogen-bond acceptors (Lipinski definition) is 5. The van der Waals surface area contributed by atoms with Crippen molar-refractivity contribution in [3.8, 4) is 0 Å². The molecule has 2 unspecified atom stereocenters. The summed E-state index contributed by atoms with van der Waals surface area (Å²) < 4.78 is 5.46. The topological polar surface area (TPSA) is 95.9 Å². The molecular formula is C57H105NO5. The lowest BCUT2D eigenvalue weighted by Gasteiger charge is -2.20. The highest BCUT2D eigenvalue weighted by Gasteiger charge is 2.18. The van der Waals surface area contributed by atoms with E-state index in [9.17, 15) is 19.8 Å². The first-order valence-electron chi connectivity index (χ1n) is 27.4. The number of amides is 1. The molecule has 0 spiro atoms. The van der Waals surface area contributed by atoms with Gasteiger partial charge in [-0.1, -0.05) is 223 Å². The van der Waals surface area contributed by atoms with Crippen molar-refractivity contribution in [2.45, 2.75) is 289 Å². The number of aliphatic hydroxyl groups excluding tert-OH is 2. The zero-order valence-electron chi connectivity index (χ0n) is 41.8. The number of aliphatic hydroxyl groups is 2. The van der Waals surface area contributed by atoms with Crippen LogP contribution in [0.3, 0.4) is 0 Å². The molecule has 0 saturated carbocycles. The summed E-state index contributed by atoms with van der Waals surface area (Å²) in [5.74, 6) is -0.0988. The Labute approximate surface area is 391 Å². The van der Waals surface area contributed by atoms with Gasteiger partial charge in [0.05, 0.1) is 25.4 Å². The maximum Gasteiger partial charge on any atom is 0.305 e. The fraction of sp³-hybridized carbons (Fsp3) is 0.825. The number of unbranched alkanes of at least 4 members (excludes halogenated alkanes) is 33. The van der Waals surface area contributed by atoms with Gasteiger partial charge in [0.15, 0.2) is 0 Å². The molecule has 0 heterocycles. The van der Waals surface area contributed by atoms with Gasteiger partial charge in [-0.3, -0.25) is 9.59 Å². The minimum absolute atomic E-state index is 0.0170. The van der Waals surface area contributed by atoms with Gasteiger partial charge in [0.2, 0.25) is 5.91 Å². The second kappa shape index (κ2) is 52.4. The lowest BCUT2D eigenvalue weighted by molar-refractivity contribution is -0.143. The Morgan fingerprint density at radius 2 is 0.794 bits per heavy atom. The summed E-state index contributed by atoms with van der Waals surface area (Å²) >= 11 is 0. The lowest BCUT2D eigenvalue weighted by atomic mass is 10.0. The van der Waals surface area contributed by atoms with Gasteiger partial charge in [0.25, 0.3) is 0 Å². The molecule has 368 valence electrons. The number of carbonyl (C=O) groups excluding carboxylic acids is 2. The minimum Gasteiger partial charge on any atom is -0.466 e. The van der Waals surface area contributed by atoms with Gasteiger partial charge < -0.3 is 20.3 Å². The highest BCUT2D eigenvalue weighted by molar-refractivity contribution is 5.76. The zero-order chi connectivity index (χ0) is 45.8. The quantitative estimate of drug-likeness (QED) is 0.0321. The third-order valence-electron chi connectivity index (χ3n) is 12.3. The maximum atomic E-state index is 12.4. The predicted molar refractivity (Wildman–Crippen MR) is 273 cm³/mol. The first-order chi connectivity index (χ1) is 31.0. The molecule has 6 heteroatoms. The second-order valence-corrected chi connectivity index (χ2v) is 18.5. The molecule has 0 aromatic carbocycles. The van der Waals surface area contributed by atoms with Gasteiger partial charge in [-0.05, 0) is 89.9 Å². The number of hydrogen-bond donors (Lipinski definition) is 3. The van der Waals surface area contributed by atoms with Gasteiger partial charge >= 0.3 is 5.97 Å². The van der Waals surface area contributed by atoms with Crippen LogP contribution in [0.5, 0.6) is 0 Å². The van der Waals surface area contributed by atoms with Crippen molar-refractivity contribution in [2.75, 3.05) is 13.2 Å². The van der Waals surface area contributed by atoms with E-state index >= 15 is 0 Å². The van der Waals surface area contributed by atoms with E-state index in [1.165, 1.54) is 186 Å². The summed E-state index contributed by atoms with van der Waals surface area (Å²) in [5, 5.41) is 23.0. The smallest absolute Gasteiger partial charge is 0.305 e. The van der Waals surface area contributed by atoms with Crippen LogP contribution in [0.2, 0.25) is 0 Å². The maximum absolute atomic E-state index is 12.4. The monoisotopic (exact) mass is 884 g/mol. The Morgan fingerprint density at radius 3 is 1.24 bits per heavy atom. The van der Waals surface area contributed by atoms with Crippen molar-refractivity contribution >= 4 is 11.9 Å². The highest BCUT2D eigenvalue weighted by Crippen LogP contribution is 2.15. The Balaban J connectivity index is 3.49. The molecule has 63 heavy (non-hydrogen) atoms. The predicted octanol–water partition coefficient (Wildman–Crippen LogP) is 16.6. The summed E-state index contributed by atoms with van der Waals surface area (Å²) in [6.07, 6.45) is 65.4. The number of nitrogens with one attached hydrogen (secondary N) is 1. The van der Waals surface area contributed by atoms with E-state index in [-0.39, 0.29) is 18.5 Å². The van der Waals surface area contributed by atoms with Crippen LogP contribution in [-0.4, -0.2) is 47.4 Å². The van der Waals surface area contributed by atoms with E-state index < -0.39 is 12.1 Å². The van der Waals surface area contributed by atoms with Gasteiger partial charge in [-0.2, -0.15) is 0 Å². The van der Waals surface area contributed by atoms with E-state index in [0.29, 0.717) is 19.4 Å². The van der Waals surface area contributed by atoms with E-state index in [0.717, 1.165) is 64.2 Å². The Bertz CT molecular complexity index is 1070. The number of ether oxygens (including phenoxy) is 1. The molecular weight excluding hydrogens is 779 g/mol. The minimum atomic E-state index is -0.852. The van der Waals surface area contributed by atoms with Crippen molar-refractivity contribution in [3.05, 3.63) is 48.6 Å². The molecule has 0 aliphatic heterocycles. The largest absolute Gasteiger partial charge is 0.466 e. The van der Waals surface area contributed by atoms with Crippen molar-refractivity contribution in [2.24, 2.45) is 0 Å². The Morgan fingerprint density at radius 1 is 0.444 bits per heavy atom. The molecule has 0 aliphatic rings. The molecule has 0 rings (SSSR count). The Hall–Kier alpha value is -2.18. The number of rotatable bonds is 50. The molecule has 0 aromatic heterocycles. The van der Waals surface area contributed by atoms with E-state index in [1.807, 2.05) is 6.08 Å². The summed E-state index contributed by atoms with van der Waals surface area (Å²) in [4.78, 5) is 24.5. The van der Waals surface area contributed by atoms with Crippen LogP contribution >= 0.6 is 0 Å². The first kappa shape index (κ1) is 60.8. The van der Waals surface area contributed by atoms with Crippen LogP contribution in [-0.2, 0) is 14.3 Å². The molecule has 0 bridgehead atoms. The van der Waals surface area contributed by atoms with Gasteiger partial charge in [-0.15, -0.1) is 0 Å². The molecule has 6 nitrogen and oxygen atoms in total. The molecule has 2 atom stereocenters. The van der Waals surface area contributed by atoms with Crippen LogP contribution in [0, 0.1) is 0 Å². The number of allylic oxidation sites excluding steroid dienone is 7. The van der Waals surface area contributed by atoms with Crippen molar-refractivity contribution in [1.29, 1.82) is 0 Å².